The van der Waals surface area contributed by atoms with Crippen LogP contribution in [-0.4, -0.2) is 49.9 Å². The van der Waals surface area contributed by atoms with Crippen LogP contribution >= 0.6 is 7.82 Å². The number of unbranched alkanes of at least 4 members (excludes halogenated alkanes) is 23. The molecule has 0 aromatic heterocycles. The van der Waals surface area contributed by atoms with Crippen LogP contribution in [0.1, 0.15) is 206 Å². The van der Waals surface area contributed by atoms with Gasteiger partial charge >= 0.3 is 13.8 Å². The molecule has 0 saturated heterocycles. The molecule has 0 rings (SSSR count). The second-order valence-electron chi connectivity index (χ2n) is 15.3. The van der Waals surface area contributed by atoms with Gasteiger partial charge in [0.05, 0.1) is 19.8 Å². The van der Waals surface area contributed by atoms with Crippen LogP contribution in [0.5, 0.6) is 0 Å². The maximum atomic E-state index is 12.6. The monoisotopic (exact) mass is 810 g/mol. The highest BCUT2D eigenvalue weighted by Crippen LogP contribution is 2.43. The first-order valence-electron chi connectivity index (χ1n) is 23.1. The average Bonchev–Trinajstić information content (AvgIpc) is 3.19. The molecule has 0 amide bonds. The highest BCUT2D eigenvalue weighted by Gasteiger charge is 2.25. The summed E-state index contributed by atoms with van der Waals surface area (Å²) in [5.74, 6) is -0.337. The summed E-state index contributed by atoms with van der Waals surface area (Å²) in [6, 6.07) is 0. The Bertz CT molecular complexity index is 999. The van der Waals surface area contributed by atoms with E-state index in [1.807, 2.05) is 0 Å². The minimum atomic E-state index is -4.28. The number of carbonyl (C=O) groups is 1. The van der Waals surface area contributed by atoms with Crippen LogP contribution in [0.2, 0.25) is 0 Å². The third kappa shape index (κ3) is 43.6. The van der Waals surface area contributed by atoms with Gasteiger partial charge in [0.2, 0.25) is 0 Å². The molecular formula is C47H88NO7P. The van der Waals surface area contributed by atoms with Gasteiger partial charge in [-0.05, 0) is 70.6 Å². The van der Waals surface area contributed by atoms with Crippen molar-refractivity contribution in [3.63, 3.8) is 0 Å². The first-order valence-corrected chi connectivity index (χ1v) is 24.6. The number of ether oxygens (including phenoxy) is 2. The number of carbonyl (C=O) groups excluding carboxylic acids is 1. The van der Waals surface area contributed by atoms with Crippen molar-refractivity contribution in [1.29, 1.82) is 0 Å². The zero-order valence-electron chi connectivity index (χ0n) is 36.4. The van der Waals surface area contributed by atoms with E-state index in [4.69, 9.17) is 24.3 Å². The largest absolute Gasteiger partial charge is 0.472 e. The summed E-state index contributed by atoms with van der Waals surface area (Å²) in [5.41, 5.74) is 5.37. The lowest BCUT2D eigenvalue weighted by Gasteiger charge is -2.20. The Balaban J connectivity index is 3.97. The van der Waals surface area contributed by atoms with Crippen LogP contribution in [0.15, 0.2) is 48.6 Å². The Morgan fingerprint density at radius 3 is 1.46 bits per heavy atom. The normalized spacial score (nSPS) is 13.9. The second-order valence-corrected chi connectivity index (χ2v) is 16.7. The van der Waals surface area contributed by atoms with Crippen LogP contribution in [0, 0.1) is 0 Å². The summed E-state index contributed by atoms with van der Waals surface area (Å²) in [6.07, 6.45) is 52.7. The lowest BCUT2D eigenvalue weighted by molar-refractivity contribution is -0.154. The molecule has 0 heterocycles. The zero-order chi connectivity index (χ0) is 40.9. The number of nitrogens with two attached hydrogens (primary N) is 1. The lowest BCUT2D eigenvalue weighted by Crippen LogP contribution is -2.28. The Labute approximate surface area is 345 Å². The zero-order valence-corrected chi connectivity index (χ0v) is 37.3. The first kappa shape index (κ1) is 54.5. The minimum absolute atomic E-state index is 0.0970. The number of hydrogen-bond acceptors (Lipinski definition) is 7. The smallest absolute Gasteiger partial charge is 0.457 e. The molecule has 9 heteroatoms. The molecule has 8 nitrogen and oxygen atoms in total. The third-order valence-corrected chi connectivity index (χ3v) is 10.7. The van der Waals surface area contributed by atoms with Gasteiger partial charge in [-0.3, -0.25) is 13.8 Å². The maximum Gasteiger partial charge on any atom is 0.472 e. The van der Waals surface area contributed by atoms with Gasteiger partial charge in [0, 0.05) is 19.6 Å². The molecule has 0 aliphatic heterocycles. The number of phosphoric ester groups is 1. The SMILES string of the molecule is CCC/C=C\C/C=C\CCCCCCCCOCC(COP(=O)(O)OCCN)OC(=O)CCCCCCCCCCCCC/C=C\C/C=C\CCCCCCC. The Hall–Kier alpha value is -1.54. The molecule has 0 saturated carbocycles. The van der Waals surface area contributed by atoms with Crippen molar-refractivity contribution in [1.82, 2.24) is 0 Å². The van der Waals surface area contributed by atoms with E-state index in [0.717, 1.165) is 64.2 Å². The molecule has 3 N–H and O–H groups in total. The minimum Gasteiger partial charge on any atom is -0.457 e. The van der Waals surface area contributed by atoms with Gasteiger partial charge in [0.15, 0.2) is 0 Å². The van der Waals surface area contributed by atoms with Gasteiger partial charge in [-0.25, -0.2) is 4.57 Å². The molecular weight excluding hydrogens is 721 g/mol. The fourth-order valence-electron chi connectivity index (χ4n) is 6.30. The van der Waals surface area contributed by atoms with Crippen LogP contribution in [0.25, 0.3) is 0 Å². The molecule has 0 fully saturated rings. The molecule has 0 aromatic rings. The third-order valence-electron chi connectivity index (χ3n) is 9.70. The standard InChI is InChI=1S/C47H88NO7P/c1-3-5-7-9-11-13-15-17-19-20-21-22-23-24-25-26-27-28-30-32-34-36-38-40-47(49)55-46(45-54-56(50,51)53-43-41-48)44-52-42-39-37-35-33-31-29-18-16-14-12-10-8-6-4-2/h8,10,14-17,20-21,46H,3-7,9,11-13,18-19,22-45,48H2,1-2H3,(H,50,51)/b10-8-,16-14-,17-15-,21-20-. The van der Waals surface area contributed by atoms with Crippen molar-refractivity contribution in [2.75, 3.05) is 33.0 Å². The van der Waals surface area contributed by atoms with E-state index < -0.39 is 13.9 Å². The number of allylic oxidation sites excluding steroid dienone is 8. The molecule has 0 aromatic carbocycles. The summed E-state index contributed by atoms with van der Waals surface area (Å²) in [4.78, 5) is 22.5. The Morgan fingerprint density at radius 1 is 0.536 bits per heavy atom. The molecule has 0 aliphatic rings. The average molecular weight is 810 g/mol. The highest BCUT2D eigenvalue weighted by atomic mass is 31.2. The van der Waals surface area contributed by atoms with Gasteiger partial charge in [0.1, 0.15) is 6.10 Å². The van der Waals surface area contributed by atoms with Crippen molar-refractivity contribution >= 4 is 13.8 Å². The summed E-state index contributed by atoms with van der Waals surface area (Å²) >= 11 is 0. The number of esters is 1. The topological polar surface area (TPSA) is 117 Å². The second kappa shape index (κ2) is 44.6. The lowest BCUT2D eigenvalue weighted by atomic mass is 10.0. The predicted molar refractivity (Wildman–Crippen MR) is 238 cm³/mol. The van der Waals surface area contributed by atoms with E-state index in [0.29, 0.717) is 13.0 Å². The van der Waals surface area contributed by atoms with Gasteiger partial charge in [0.25, 0.3) is 0 Å². The molecule has 0 aliphatic carbocycles. The van der Waals surface area contributed by atoms with Gasteiger partial charge in [-0.1, -0.05) is 178 Å². The molecule has 2 unspecified atom stereocenters. The fourth-order valence-corrected chi connectivity index (χ4v) is 7.07. The van der Waals surface area contributed by atoms with Gasteiger partial charge < -0.3 is 20.1 Å². The molecule has 0 spiro atoms. The quantitative estimate of drug-likeness (QED) is 0.0270. The van der Waals surface area contributed by atoms with Gasteiger partial charge in [-0.15, -0.1) is 0 Å². The summed E-state index contributed by atoms with van der Waals surface area (Å²) < 4.78 is 33.5. The van der Waals surface area contributed by atoms with Crippen molar-refractivity contribution < 1.29 is 32.8 Å². The highest BCUT2D eigenvalue weighted by molar-refractivity contribution is 7.47. The maximum absolute atomic E-state index is 12.6. The number of phosphoric acid groups is 1. The summed E-state index contributed by atoms with van der Waals surface area (Å²) in [5, 5.41) is 0. The van der Waals surface area contributed by atoms with E-state index in [1.165, 1.54) is 122 Å². The van der Waals surface area contributed by atoms with Crippen LogP contribution in [-0.2, 0) is 27.9 Å². The van der Waals surface area contributed by atoms with E-state index in [-0.39, 0.29) is 32.3 Å². The Kier molecular flexibility index (Phi) is 43.3. The Morgan fingerprint density at radius 2 is 0.982 bits per heavy atom. The molecule has 0 bridgehead atoms. The van der Waals surface area contributed by atoms with E-state index in [1.54, 1.807) is 0 Å². The summed E-state index contributed by atoms with van der Waals surface area (Å²) in [7, 11) is -4.28. The van der Waals surface area contributed by atoms with Crippen molar-refractivity contribution in [3.05, 3.63) is 48.6 Å². The van der Waals surface area contributed by atoms with Crippen LogP contribution in [0.4, 0.5) is 0 Å². The predicted octanol–water partition coefficient (Wildman–Crippen LogP) is 14.0. The number of rotatable bonds is 44. The molecule has 0 radical (unpaired) electrons. The van der Waals surface area contributed by atoms with Crippen molar-refractivity contribution in [3.8, 4) is 0 Å². The van der Waals surface area contributed by atoms with Crippen molar-refractivity contribution in [2.45, 2.75) is 213 Å². The summed E-state index contributed by atoms with van der Waals surface area (Å²) in [6.45, 7) is 4.83. The number of hydrogen-bond donors (Lipinski definition) is 2. The van der Waals surface area contributed by atoms with Crippen LogP contribution in [0.3, 0.4) is 0 Å². The molecule has 2 atom stereocenters. The van der Waals surface area contributed by atoms with E-state index in [2.05, 4.69) is 62.5 Å². The van der Waals surface area contributed by atoms with Gasteiger partial charge in [-0.2, -0.15) is 0 Å². The van der Waals surface area contributed by atoms with Crippen molar-refractivity contribution in [2.24, 2.45) is 5.73 Å². The molecule has 328 valence electrons. The first-order chi connectivity index (χ1) is 27.4. The fraction of sp³-hybridized carbons (Fsp3) is 0.809. The molecule has 56 heavy (non-hydrogen) atoms. The van der Waals surface area contributed by atoms with E-state index in [9.17, 15) is 14.3 Å². The van der Waals surface area contributed by atoms with Crippen LogP contribution < -0.4 is 5.73 Å². The van der Waals surface area contributed by atoms with E-state index >= 15 is 0 Å².